The number of alkyl halides is 1. The zero-order valence-corrected chi connectivity index (χ0v) is 23.4. The van der Waals surface area contributed by atoms with E-state index >= 15 is 4.39 Å². The van der Waals surface area contributed by atoms with Crippen LogP contribution in [0.3, 0.4) is 0 Å². The molecule has 3 N–H and O–H groups in total. The predicted molar refractivity (Wildman–Crippen MR) is 139 cm³/mol. The maximum atomic E-state index is 15.9. The van der Waals surface area contributed by atoms with Crippen LogP contribution in [0.1, 0.15) is 33.9 Å². The first-order valence-corrected chi connectivity index (χ1v) is 13.5. The number of halogens is 1. The van der Waals surface area contributed by atoms with E-state index in [1.165, 1.54) is 24.9 Å². The number of hydroxylamine groups is 1. The van der Waals surface area contributed by atoms with Crippen molar-refractivity contribution in [1.29, 1.82) is 0 Å². The predicted octanol–water partition coefficient (Wildman–Crippen LogP) is 2.71. The molecule has 216 valence electrons. The van der Waals surface area contributed by atoms with Crippen molar-refractivity contribution in [3.05, 3.63) is 36.7 Å². The molecule has 2 aromatic heterocycles. The highest BCUT2D eigenvalue weighted by Crippen LogP contribution is 2.44. The number of fused-ring (bicyclic) bond motifs is 1. The van der Waals surface area contributed by atoms with Gasteiger partial charge in [-0.05, 0) is 44.4 Å². The molecule has 6 atom stereocenters. The molecule has 1 aliphatic rings. The van der Waals surface area contributed by atoms with Crippen molar-refractivity contribution < 1.29 is 42.4 Å². The highest BCUT2D eigenvalue weighted by atomic mass is 31.1. The number of carbonyl (C=O) groups excluding carboxylic acids is 1. The van der Waals surface area contributed by atoms with Gasteiger partial charge in [-0.25, -0.2) is 9.37 Å². The standard InChI is InChI=1S/C24H31FN6O8P/c1-13(2)37-21(33)14(3)31(39-15-9-7-6-8-10-15)40(34)36-11-16-18(32)24(4,25)22(38-16)30-12-27-17-19(30)28-23(26)29-20(17)35-5/h6-10,12-14,16,18,22,32H,11H2,1-5H3,(H2,26,28,29)/q+1/t14-,16+,18+,22+,24+/m0/s1. The van der Waals surface area contributed by atoms with E-state index in [9.17, 15) is 14.5 Å². The average molecular weight is 582 g/mol. The summed E-state index contributed by atoms with van der Waals surface area (Å²) in [5.41, 5.74) is 3.74. The lowest BCUT2D eigenvalue weighted by molar-refractivity contribution is -0.159. The second-order valence-corrected chi connectivity index (χ2v) is 10.6. The van der Waals surface area contributed by atoms with Crippen molar-refractivity contribution in [2.75, 3.05) is 19.5 Å². The Morgan fingerprint density at radius 2 is 2.00 bits per heavy atom. The van der Waals surface area contributed by atoms with Crippen LogP contribution in [0.25, 0.3) is 11.2 Å². The number of rotatable bonds is 11. The molecule has 0 radical (unpaired) electrons. The van der Waals surface area contributed by atoms with Crippen molar-refractivity contribution >= 4 is 31.3 Å². The normalized spacial score (nSPS) is 23.9. The summed E-state index contributed by atoms with van der Waals surface area (Å²) in [7, 11) is -1.48. The summed E-state index contributed by atoms with van der Waals surface area (Å²) in [6, 6.07) is 7.19. The Morgan fingerprint density at radius 1 is 1.30 bits per heavy atom. The number of anilines is 1. The molecule has 3 aromatic rings. The Hall–Kier alpha value is -3.49. The molecule has 1 unspecified atom stereocenters. The molecule has 1 saturated heterocycles. The molecule has 4 rings (SSSR count). The Morgan fingerprint density at radius 3 is 2.65 bits per heavy atom. The van der Waals surface area contributed by atoms with Gasteiger partial charge in [-0.15, -0.1) is 4.52 Å². The summed E-state index contributed by atoms with van der Waals surface area (Å²) < 4.78 is 52.0. The number of nitrogen functional groups attached to an aromatic ring is 1. The van der Waals surface area contributed by atoms with Crippen LogP contribution in [0, 0.1) is 0 Å². The number of hydrogen-bond donors (Lipinski definition) is 2. The van der Waals surface area contributed by atoms with Gasteiger partial charge >= 0.3 is 14.1 Å². The number of ether oxygens (including phenoxy) is 3. The first-order valence-electron chi connectivity index (χ1n) is 12.3. The summed E-state index contributed by atoms with van der Waals surface area (Å²) in [5.74, 6) is -0.461. The van der Waals surface area contributed by atoms with Crippen LogP contribution in [0.2, 0.25) is 0 Å². The first-order chi connectivity index (χ1) is 18.9. The third kappa shape index (κ3) is 5.98. The van der Waals surface area contributed by atoms with Gasteiger partial charge in [0.05, 0.1) is 19.5 Å². The molecule has 0 spiro atoms. The molecule has 1 aliphatic heterocycles. The van der Waals surface area contributed by atoms with Gasteiger partial charge in [0.25, 0.3) is 0 Å². The summed E-state index contributed by atoms with van der Waals surface area (Å²) in [4.78, 5) is 31.3. The number of benzene rings is 1. The lowest BCUT2D eigenvalue weighted by Gasteiger charge is -2.24. The molecular formula is C24H31FN6O8P+. The number of aliphatic hydroxyl groups excluding tert-OH is 1. The van der Waals surface area contributed by atoms with Crippen LogP contribution in [-0.4, -0.2) is 79.2 Å². The van der Waals surface area contributed by atoms with E-state index in [1.807, 2.05) is 0 Å². The molecule has 1 aromatic carbocycles. The van der Waals surface area contributed by atoms with Crippen molar-refractivity contribution in [1.82, 2.24) is 24.4 Å². The molecule has 0 amide bonds. The van der Waals surface area contributed by atoms with Gasteiger partial charge in [-0.3, -0.25) is 9.36 Å². The quantitative estimate of drug-likeness (QED) is 0.192. The maximum Gasteiger partial charge on any atom is 0.653 e. The number of para-hydroxylation sites is 1. The molecule has 16 heteroatoms. The van der Waals surface area contributed by atoms with Crippen LogP contribution in [-0.2, 0) is 23.4 Å². The molecule has 14 nitrogen and oxygen atoms in total. The first kappa shape index (κ1) is 29.5. The van der Waals surface area contributed by atoms with Gasteiger partial charge in [-0.2, -0.15) is 9.97 Å². The number of nitrogens with two attached hydrogens (primary N) is 1. The Kier molecular flexibility index (Phi) is 8.80. The van der Waals surface area contributed by atoms with Crippen LogP contribution in [0.15, 0.2) is 36.7 Å². The van der Waals surface area contributed by atoms with Crippen LogP contribution in [0.4, 0.5) is 10.3 Å². The van der Waals surface area contributed by atoms with Gasteiger partial charge in [0.2, 0.25) is 11.8 Å². The molecular weight excluding hydrogens is 550 g/mol. The number of methoxy groups -OCH3 is 1. The smallest absolute Gasteiger partial charge is 0.479 e. The van der Waals surface area contributed by atoms with Gasteiger partial charge in [0.1, 0.15) is 23.6 Å². The van der Waals surface area contributed by atoms with Crippen molar-refractivity contribution in [2.45, 2.75) is 63.9 Å². The molecule has 0 bridgehead atoms. The van der Waals surface area contributed by atoms with E-state index in [2.05, 4.69) is 15.0 Å². The monoisotopic (exact) mass is 581 g/mol. The number of aliphatic hydroxyl groups is 1. The van der Waals surface area contributed by atoms with Crippen molar-refractivity contribution in [3.8, 4) is 11.6 Å². The minimum Gasteiger partial charge on any atom is -0.479 e. The van der Waals surface area contributed by atoms with Gasteiger partial charge in [0.15, 0.2) is 34.9 Å². The minimum absolute atomic E-state index is 0.0841. The van der Waals surface area contributed by atoms with E-state index in [1.54, 1.807) is 44.2 Å². The fraction of sp³-hybridized carbons (Fsp3) is 0.500. The van der Waals surface area contributed by atoms with Crippen LogP contribution < -0.4 is 15.3 Å². The van der Waals surface area contributed by atoms with E-state index in [0.717, 1.165) is 11.8 Å². The lowest BCUT2D eigenvalue weighted by atomic mass is 9.98. The van der Waals surface area contributed by atoms with E-state index < -0.39 is 57.0 Å². The number of carbonyl (C=O) groups is 1. The largest absolute Gasteiger partial charge is 0.653 e. The molecule has 3 heterocycles. The maximum absolute atomic E-state index is 15.9. The van der Waals surface area contributed by atoms with Gasteiger partial charge < -0.3 is 29.9 Å². The van der Waals surface area contributed by atoms with E-state index in [4.69, 9.17) is 29.3 Å². The van der Waals surface area contributed by atoms with E-state index in [-0.39, 0.29) is 28.7 Å². The average Bonchev–Trinajstić information content (AvgIpc) is 3.42. The third-order valence-corrected chi connectivity index (χ3v) is 7.17. The molecule has 1 fully saturated rings. The Bertz CT molecular complexity index is 1360. The summed E-state index contributed by atoms with van der Waals surface area (Å²) in [6.45, 7) is 5.41. The highest BCUT2D eigenvalue weighted by Gasteiger charge is 2.56. The Balaban J connectivity index is 1.52. The summed E-state index contributed by atoms with van der Waals surface area (Å²) in [5, 5.41) is 10.8. The van der Waals surface area contributed by atoms with Gasteiger partial charge in [-0.1, -0.05) is 18.2 Å². The molecule has 40 heavy (non-hydrogen) atoms. The topological polar surface area (TPSA) is 173 Å². The molecule has 0 aliphatic carbocycles. The number of hydrogen-bond acceptors (Lipinski definition) is 12. The number of imidazole rings is 1. The SMILES string of the molecule is COc1nc(N)nc2c1ncn2[C@@H]1O[C@H](CO[P+](=O)N(Oc2ccccc2)[C@@H](C)C(=O)OC(C)C)[C@@H](O)[C@@]1(C)F. The molecule has 0 saturated carbocycles. The summed E-state index contributed by atoms with van der Waals surface area (Å²) >= 11 is 0. The summed E-state index contributed by atoms with van der Waals surface area (Å²) in [6.07, 6.45) is -3.54. The van der Waals surface area contributed by atoms with Crippen molar-refractivity contribution in [2.24, 2.45) is 0 Å². The second kappa shape index (κ2) is 11.9. The van der Waals surface area contributed by atoms with E-state index in [0.29, 0.717) is 0 Å². The zero-order chi connectivity index (χ0) is 29.2. The van der Waals surface area contributed by atoms with Crippen LogP contribution in [0.5, 0.6) is 11.6 Å². The van der Waals surface area contributed by atoms with Crippen LogP contribution >= 0.6 is 8.18 Å². The zero-order valence-electron chi connectivity index (χ0n) is 22.5. The van der Waals surface area contributed by atoms with Crippen molar-refractivity contribution in [3.63, 3.8) is 0 Å². The fourth-order valence-corrected chi connectivity index (χ4v) is 4.96. The highest BCUT2D eigenvalue weighted by molar-refractivity contribution is 7.36. The Labute approximate surface area is 230 Å². The fourth-order valence-electron chi connectivity index (χ4n) is 4.03. The number of esters is 1. The third-order valence-electron chi connectivity index (χ3n) is 6.05. The number of aromatic nitrogens is 4. The lowest BCUT2D eigenvalue weighted by Crippen LogP contribution is -2.41. The minimum atomic E-state index is -2.86. The number of nitrogens with zero attached hydrogens (tertiary/aromatic N) is 5. The second-order valence-electron chi connectivity index (χ2n) is 9.44. The van der Waals surface area contributed by atoms with Gasteiger partial charge in [0, 0.05) is 0 Å².